The minimum absolute atomic E-state index is 0.174. The van der Waals surface area contributed by atoms with Crippen molar-refractivity contribution in [2.45, 2.75) is 12.2 Å². The molecule has 0 saturated carbocycles. The van der Waals surface area contributed by atoms with E-state index in [1.807, 2.05) is 0 Å². The normalized spacial score (nSPS) is 14.0. The summed E-state index contributed by atoms with van der Waals surface area (Å²) in [6.07, 6.45) is -4.55. The number of rotatable bonds is 2. The zero-order valence-electron chi connectivity index (χ0n) is 7.68. The Bertz CT molecular complexity index is 348. The summed E-state index contributed by atoms with van der Waals surface area (Å²) in [6, 6.07) is 1.16. The number of hydrogen-bond acceptors (Lipinski definition) is 2. The van der Waals surface area contributed by atoms with Crippen LogP contribution in [-0.4, -0.2) is 6.54 Å². The summed E-state index contributed by atoms with van der Waals surface area (Å²) < 4.78 is 50.1. The average Bonchev–Trinajstić information content (AvgIpc) is 2.14. The van der Waals surface area contributed by atoms with Crippen LogP contribution in [0.4, 0.5) is 17.6 Å². The van der Waals surface area contributed by atoms with Crippen molar-refractivity contribution in [2.24, 2.45) is 11.5 Å². The van der Waals surface area contributed by atoms with Gasteiger partial charge in [-0.3, -0.25) is 0 Å². The molecular formula is C9H10F4N2. The smallest absolute Gasteiger partial charge is 0.329 e. The molecule has 0 radical (unpaired) electrons. The number of hydrogen-bond donors (Lipinski definition) is 2. The quantitative estimate of drug-likeness (QED) is 0.749. The Hall–Kier alpha value is -1.14. The highest BCUT2D eigenvalue weighted by molar-refractivity contribution is 5.33. The summed E-state index contributed by atoms with van der Waals surface area (Å²) in [4.78, 5) is 0. The van der Waals surface area contributed by atoms with Crippen molar-refractivity contribution in [3.63, 3.8) is 0 Å². The van der Waals surface area contributed by atoms with E-state index in [0.717, 1.165) is 12.1 Å². The van der Waals surface area contributed by atoms with E-state index < -0.39 is 23.6 Å². The fourth-order valence-electron chi connectivity index (χ4n) is 1.23. The Morgan fingerprint density at radius 3 is 2.33 bits per heavy atom. The average molecular weight is 222 g/mol. The highest BCUT2D eigenvalue weighted by Crippen LogP contribution is 2.34. The molecule has 0 aliphatic heterocycles. The predicted molar refractivity (Wildman–Crippen MR) is 47.4 cm³/mol. The van der Waals surface area contributed by atoms with Crippen molar-refractivity contribution in [1.29, 1.82) is 0 Å². The lowest BCUT2D eigenvalue weighted by Gasteiger charge is -2.16. The van der Waals surface area contributed by atoms with Gasteiger partial charge in [0.2, 0.25) is 0 Å². The minimum atomic E-state index is -4.55. The van der Waals surface area contributed by atoms with Crippen LogP contribution in [0.25, 0.3) is 0 Å². The fraction of sp³-hybridized carbons (Fsp3) is 0.333. The molecule has 0 unspecified atom stereocenters. The molecule has 0 fully saturated rings. The van der Waals surface area contributed by atoms with Crippen LogP contribution in [0, 0.1) is 5.82 Å². The van der Waals surface area contributed by atoms with Gasteiger partial charge in [0.05, 0.1) is 5.56 Å². The maximum absolute atomic E-state index is 12.8. The first-order valence-corrected chi connectivity index (χ1v) is 4.18. The highest BCUT2D eigenvalue weighted by Gasteiger charge is 2.34. The predicted octanol–water partition coefficient (Wildman–Crippen LogP) is 1.80. The number of nitrogens with two attached hydrogens (primary N) is 2. The van der Waals surface area contributed by atoms with E-state index in [-0.39, 0.29) is 12.1 Å². The molecule has 84 valence electrons. The van der Waals surface area contributed by atoms with Gasteiger partial charge < -0.3 is 11.5 Å². The van der Waals surface area contributed by atoms with Crippen LogP contribution in [-0.2, 0) is 6.18 Å². The summed E-state index contributed by atoms with van der Waals surface area (Å²) in [5.74, 6) is -0.762. The van der Waals surface area contributed by atoms with Crippen LogP contribution in [0.5, 0.6) is 0 Å². The maximum Gasteiger partial charge on any atom is 0.416 e. The van der Waals surface area contributed by atoms with E-state index in [1.54, 1.807) is 0 Å². The Labute approximate surface area is 83.9 Å². The molecule has 0 heterocycles. The third-order valence-electron chi connectivity index (χ3n) is 1.97. The summed E-state index contributed by atoms with van der Waals surface area (Å²) in [7, 11) is 0. The summed E-state index contributed by atoms with van der Waals surface area (Å²) in [5, 5.41) is 0. The van der Waals surface area contributed by atoms with Crippen molar-refractivity contribution in [3.8, 4) is 0 Å². The first-order valence-electron chi connectivity index (χ1n) is 4.18. The van der Waals surface area contributed by atoms with Gasteiger partial charge in [0, 0.05) is 12.6 Å². The van der Waals surface area contributed by atoms with Gasteiger partial charge >= 0.3 is 6.18 Å². The summed E-state index contributed by atoms with van der Waals surface area (Å²) in [6.45, 7) is -0.174. The van der Waals surface area contributed by atoms with Gasteiger partial charge in [0.15, 0.2) is 0 Å². The van der Waals surface area contributed by atoms with Gasteiger partial charge in [0.1, 0.15) is 5.82 Å². The number of alkyl halides is 3. The molecule has 0 aliphatic rings. The van der Waals surface area contributed by atoms with Gasteiger partial charge in [0.25, 0.3) is 0 Å². The molecule has 1 atom stereocenters. The summed E-state index contributed by atoms with van der Waals surface area (Å²) in [5.41, 5.74) is 9.26. The van der Waals surface area contributed by atoms with Crippen LogP contribution in [0.3, 0.4) is 0 Å². The second-order valence-electron chi connectivity index (χ2n) is 3.07. The second-order valence-corrected chi connectivity index (χ2v) is 3.07. The van der Waals surface area contributed by atoms with Crippen LogP contribution in [0.15, 0.2) is 18.2 Å². The molecule has 0 aromatic heterocycles. The first kappa shape index (κ1) is 11.9. The number of benzene rings is 1. The Balaban J connectivity index is 3.27. The molecule has 6 heteroatoms. The van der Waals surface area contributed by atoms with Crippen LogP contribution in [0.1, 0.15) is 17.2 Å². The molecule has 0 bridgehead atoms. The lowest BCUT2D eigenvalue weighted by molar-refractivity contribution is -0.138. The van der Waals surface area contributed by atoms with Gasteiger partial charge in [-0.2, -0.15) is 13.2 Å². The van der Waals surface area contributed by atoms with E-state index in [2.05, 4.69) is 0 Å². The maximum atomic E-state index is 12.8. The zero-order valence-corrected chi connectivity index (χ0v) is 7.68. The van der Waals surface area contributed by atoms with Gasteiger partial charge in [-0.15, -0.1) is 0 Å². The Morgan fingerprint density at radius 2 is 1.87 bits per heavy atom. The van der Waals surface area contributed by atoms with Gasteiger partial charge in [-0.25, -0.2) is 4.39 Å². The SMILES string of the molecule is NC[C@H](N)c1cc(F)ccc1C(F)(F)F. The van der Waals surface area contributed by atoms with E-state index in [9.17, 15) is 17.6 Å². The third-order valence-corrected chi connectivity index (χ3v) is 1.97. The highest BCUT2D eigenvalue weighted by atomic mass is 19.4. The van der Waals surface area contributed by atoms with E-state index in [0.29, 0.717) is 6.07 Å². The topological polar surface area (TPSA) is 52.0 Å². The zero-order chi connectivity index (χ0) is 11.6. The molecule has 2 nitrogen and oxygen atoms in total. The van der Waals surface area contributed by atoms with Crippen LogP contribution in [0.2, 0.25) is 0 Å². The molecule has 4 N–H and O–H groups in total. The van der Waals surface area contributed by atoms with Gasteiger partial charge in [-0.05, 0) is 23.8 Å². The van der Waals surface area contributed by atoms with Crippen molar-refractivity contribution in [2.75, 3.05) is 6.54 Å². The summed E-state index contributed by atoms with van der Waals surface area (Å²) >= 11 is 0. The lowest BCUT2D eigenvalue weighted by atomic mass is 10.0. The molecule has 0 saturated heterocycles. The lowest BCUT2D eigenvalue weighted by Crippen LogP contribution is -2.24. The molecule has 0 aliphatic carbocycles. The minimum Gasteiger partial charge on any atom is -0.329 e. The molecule has 1 aromatic carbocycles. The van der Waals surface area contributed by atoms with E-state index in [4.69, 9.17) is 11.5 Å². The Morgan fingerprint density at radius 1 is 1.27 bits per heavy atom. The van der Waals surface area contributed by atoms with Gasteiger partial charge in [-0.1, -0.05) is 0 Å². The first-order chi connectivity index (χ1) is 6.86. The van der Waals surface area contributed by atoms with Crippen LogP contribution >= 0.6 is 0 Å². The van der Waals surface area contributed by atoms with Crippen molar-refractivity contribution in [1.82, 2.24) is 0 Å². The molecule has 0 amide bonds. The van der Waals surface area contributed by atoms with Crippen molar-refractivity contribution in [3.05, 3.63) is 35.1 Å². The largest absolute Gasteiger partial charge is 0.416 e. The monoisotopic (exact) mass is 222 g/mol. The molecular weight excluding hydrogens is 212 g/mol. The van der Waals surface area contributed by atoms with E-state index >= 15 is 0 Å². The van der Waals surface area contributed by atoms with Crippen LogP contribution < -0.4 is 11.5 Å². The van der Waals surface area contributed by atoms with E-state index in [1.165, 1.54) is 0 Å². The Kier molecular flexibility index (Phi) is 3.31. The molecule has 15 heavy (non-hydrogen) atoms. The standard InChI is InChI=1S/C9H10F4N2/c10-5-1-2-7(9(11,12)13)6(3-5)8(15)4-14/h1-3,8H,4,14-15H2/t8-/m0/s1. The second kappa shape index (κ2) is 4.16. The van der Waals surface area contributed by atoms with Crippen molar-refractivity contribution < 1.29 is 17.6 Å². The molecule has 0 spiro atoms. The fourth-order valence-corrected chi connectivity index (χ4v) is 1.23. The molecule has 1 aromatic rings. The molecule has 1 rings (SSSR count). The third kappa shape index (κ3) is 2.66. The number of halogens is 4. The van der Waals surface area contributed by atoms with Crippen molar-refractivity contribution >= 4 is 0 Å².